The molecule has 0 radical (unpaired) electrons. The van der Waals surface area contributed by atoms with Gasteiger partial charge in [0.1, 0.15) is 17.1 Å². The molecule has 0 bridgehead atoms. The van der Waals surface area contributed by atoms with Gasteiger partial charge in [0, 0.05) is 31.9 Å². The fourth-order valence-electron chi connectivity index (χ4n) is 5.70. The average Bonchev–Trinajstić information content (AvgIpc) is 3.00. The van der Waals surface area contributed by atoms with Crippen molar-refractivity contribution in [1.29, 1.82) is 0 Å². The van der Waals surface area contributed by atoms with Crippen LogP contribution >= 0.6 is 0 Å². The number of rotatable bonds is 11. The number of anilines is 1. The quantitative estimate of drug-likeness (QED) is 0.331. The monoisotopic (exact) mass is 609 g/mol. The van der Waals surface area contributed by atoms with Crippen LogP contribution in [0.2, 0.25) is 0 Å². The summed E-state index contributed by atoms with van der Waals surface area (Å²) in [6.07, 6.45) is 3.19. The average molecular weight is 610 g/mol. The van der Waals surface area contributed by atoms with E-state index in [9.17, 15) is 14.4 Å². The topological polar surface area (TPSA) is 97.9 Å². The molecule has 2 aromatic rings. The number of ether oxygens (including phenoxy) is 4. The second kappa shape index (κ2) is 15.3. The number of methoxy groups -OCH3 is 1. The van der Waals surface area contributed by atoms with Gasteiger partial charge in [-0.15, -0.1) is 0 Å². The van der Waals surface area contributed by atoms with Crippen molar-refractivity contribution in [3.05, 3.63) is 54.1 Å². The normalized spacial score (nSPS) is 18.2. The molecule has 2 heterocycles. The lowest BCUT2D eigenvalue weighted by Crippen LogP contribution is -2.58. The van der Waals surface area contributed by atoms with Gasteiger partial charge >= 0.3 is 12.1 Å². The minimum atomic E-state index is -0.499. The SMILES string of the molecule is CCOC(=O)COc1ccc(N2CCN(CCC3CCN(C(=O)OC(C)(C)C)CC3)[C@@H](Cc3ccc(OC)cc3)C2=O)cc1. The Morgan fingerprint density at radius 2 is 1.57 bits per heavy atom. The summed E-state index contributed by atoms with van der Waals surface area (Å²) in [6.45, 7) is 11.1. The summed E-state index contributed by atoms with van der Waals surface area (Å²) in [5.74, 6) is 1.46. The summed E-state index contributed by atoms with van der Waals surface area (Å²) in [5, 5.41) is 0. The molecule has 4 rings (SSSR count). The number of carbonyl (C=O) groups excluding carboxylic acids is 3. The van der Waals surface area contributed by atoms with E-state index in [0.29, 0.717) is 44.3 Å². The molecule has 1 atom stereocenters. The fraction of sp³-hybridized carbons (Fsp3) is 0.559. The maximum absolute atomic E-state index is 14.0. The van der Waals surface area contributed by atoms with Crippen LogP contribution in [0.25, 0.3) is 0 Å². The highest BCUT2D eigenvalue weighted by Crippen LogP contribution is 2.28. The van der Waals surface area contributed by atoms with Gasteiger partial charge in [-0.2, -0.15) is 0 Å². The van der Waals surface area contributed by atoms with Crippen LogP contribution in [0.4, 0.5) is 10.5 Å². The molecule has 2 aliphatic heterocycles. The second-order valence-corrected chi connectivity index (χ2v) is 12.4. The van der Waals surface area contributed by atoms with Gasteiger partial charge < -0.3 is 28.7 Å². The molecule has 0 spiro atoms. The number of esters is 1. The van der Waals surface area contributed by atoms with Crippen LogP contribution < -0.4 is 14.4 Å². The number of hydrogen-bond donors (Lipinski definition) is 0. The van der Waals surface area contributed by atoms with Gasteiger partial charge in [0.25, 0.3) is 0 Å². The van der Waals surface area contributed by atoms with Crippen LogP contribution in [-0.2, 0) is 25.5 Å². The second-order valence-electron chi connectivity index (χ2n) is 12.4. The third-order valence-corrected chi connectivity index (χ3v) is 8.09. The molecular formula is C34H47N3O7. The standard InChI is InChI=1S/C34H47N3O7/c1-6-42-31(38)24-43-29-13-9-27(10-14-29)37-22-21-35(30(32(37)39)23-26-7-11-28(41-5)12-8-26)18-15-25-16-19-36(20-17-25)33(40)44-34(2,3)4/h7-14,25,30H,6,15-24H2,1-5H3/t30-/m0/s1. The van der Waals surface area contributed by atoms with Gasteiger partial charge in [0.2, 0.25) is 5.91 Å². The summed E-state index contributed by atoms with van der Waals surface area (Å²) >= 11 is 0. The molecule has 2 amide bonds. The van der Waals surface area contributed by atoms with E-state index in [4.69, 9.17) is 18.9 Å². The lowest BCUT2D eigenvalue weighted by Gasteiger charge is -2.42. The highest BCUT2D eigenvalue weighted by Gasteiger charge is 2.36. The van der Waals surface area contributed by atoms with E-state index >= 15 is 0 Å². The number of benzene rings is 2. The van der Waals surface area contributed by atoms with Gasteiger partial charge in [-0.05, 0) is 108 Å². The van der Waals surface area contributed by atoms with Crippen LogP contribution in [0.1, 0.15) is 52.5 Å². The molecular weight excluding hydrogens is 562 g/mol. The van der Waals surface area contributed by atoms with Gasteiger partial charge in [-0.25, -0.2) is 9.59 Å². The number of likely N-dealkylation sites (tertiary alicyclic amines) is 1. The number of nitrogens with zero attached hydrogens (tertiary/aromatic N) is 3. The summed E-state index contributed by atoms with van der Waals surface area (Å²) in [6, 6.07) is 14.9. The Balaban J connectivity index is 1.39. The minimum absolute atomic E-state index is 0.0620. The summed E-state index contributed by atoms with van der Waals surface area (Å²) < 4.78 is 21.3. The van der Waals surface area contributed by atoms with E-state index in [-0.39, 0.29) is 24.6 Å². The van der Waals surface area contributed by atoms with Crippen molar-refractivity contribution in [1.82, 2.24) is 9.80 Å². The molecule has 44 heavy (non-hydrogen) atoms. The van der Waals surface area contributed by atoms with Crippen LogP contribution in [0, 0.1) is 5.92 Å². The zero-order valence-electron chi connectivity index (χ0n) is 26.8. The smallest absolute Gasteiger partial charge is 0.410 e. The van der Waals surface area contributed by atoms with Gasteiger partial charge in [-0.3, -0.25) is 9.69 Å². The molecule has 2 aliphatic rings. The lowest BCUT2D eigenvalue weighted by atomic mass is 9.92. The largest absolute Gasteiger partial charge is 0.497 e. The molecule has 0 N–H and O–H groups in total. The van der Waals surface area contributed by atoms with Crippen molar-refractivity contribution < 1.29 is 33.3 Å². The van der Waals surface area contributed by atoms with Crippen LogP contribution in [0.15, 0.2) is 48.5 Å². The molecule has 0 aliphatic carbocycles. The molecule has 10 heteroatoms. The van der Waals surface area contributed by atoms with E-state index < -0.39 is 11.6 Å². The zero-order chi connectivity index (χ0) is 31.7. The van der Waals surface area contributed by atoms with Crippen molar-refractivity contribution >= 4 is 23.7 Å². The molecule has 10 nitrogen and oxygen atoms in total. The predicted octanol–water partition coefficient (Wildman–Crippen LogP) is 4.93. The predicted molar refractivity (Wildman–Crippen MR) is 168 cm³/mol. The highest BCUT2D eigenvalue weighted by molar-refractivity contribution is 5.98. The maximum atomic E-state index is 14.0. The number of hydrogen-bond acceptors (Lipinski definition) is 8. The molecule has 0 saturated carbocycles. The Morgan fingerprint density at radius 3 is 2.18 bits per heavy atom. The maximum Gasteiger partial charge on any atom is 0.410 e. The number of piperazine rings is 1. The molecule has 0 unspecified atom stereocenters. The Bertz CT molecular complexity index is 1240. The van der Waals surface area contributed by atoms with Crippen molar-refractivity contribution in [2.45, 2.75) is 65.0 Å². The van der Waals surface area contributed by atoms with E-state index in [1.54, 1.807) is 26.2 Å². The third-order valence-electron chi connectivity index (χ3n) is 8.09. The number of piperidine rings is 1. The third kappa shape index (κ3) is 9.35. The minimum Gasteiger partial charge on any atom is -0.497 e. The lowest BCUT2D eigenvalue weighted by molar-refractivity contribution is -0.145. The summed E-state index contributed by atoms with van der Waals surface area (Å²) in [5.41, 5.74) is 1.37. The van der Waals surface area contributed by atoms with E-state index in [0.717, 1.165) is 49.4 Å². The Hall–Kier alpha value is -3.79. The van der Waals surface area contributed by atoms with Crippen LogP contribution in [0.5, 0.6) is 11.5 Å². The molecule has 240 valence electrons. The van der Waals surface area contributed by atoms with Gasteiger partial charge in [-0.1, -0.05) is 12.1 Å². The first-order valence-electron chi connectivity index (χ1n) is 15.6. The molecule has 0 aromatic heterocycles. The first kappa shape index (κ1) is 33.1. The first-order chi connectivity index (χ1) is 21.1. The van der Waals surface area contributed by atoms with Crippen LogP contribution in [-0.4, -0.2) is 92.5 Å². The summed E-state index contributed by atoms with van der Waals surface area (Å²) in [4.78, 5) is 44.1. The van der Waals surface area contributed by atoms with Gasteiger partial charge in [0.15, 0.2) is 6.61 Å². The van der Waals surface area contributed by atoms with Crippen molar-refractivity contribution in [2.24, 2.45) is 5.92 Å². The number of amides is 2. The molecule has 2 fully saturated rings. The van der Waals surface area contributed by atoms with E-state index in [1.165, 1.54) is 0 Å². The van der Waals surface area contributed by atoms with Crippen molar-refractivity contribution in [2.75, 3.05) is 57.9 Å². The Labute approximate surface area is 261 Å². The zero-order valence-corrected chi connectivity index (χ0v) is 26.8. The number of carbonyl (C=O) groups is 3. The van der Waals surface area contributed by atoms with Crippen LogP contribution in [0.3, 0.4) is 0 Å². The van der Waals surface area contributed by atoms with Gasteiger partial charge in [0.05, 0.1) is 19.8 Å². The molecule has 2 aromatic carbocycles. The Kier molecular flexibility index (Phi) is 11.5. The molecule has 2 saturated heterocycles. The van der Waals surface area contributed by atoms with E-state index in [1.807, 2.05) is 67.0 Å². The Morgan fingerprint density at radius 1 is 0.909 bits per heavy atom. The fourth-order valence-corrected chi connectivity index (χ4v) is 5.70. The summed E-state index contributed by atoms with van der Waals surface area (Å²) in [7, 11) is 1.64. The highest BCUT2D eigenvalue weighted by atomic mass is 16.6. The first-order valence-corrected chi connectivity index (χ1v) is 15.6. The van der Waals surface area contributed by atoms with E-state index in [2.05, 4.69) is 4.90 Å². The van der Waals surface area contributed by atoms with Crippen molar-refractivity contribution in [3.63, 3.8) is 0 Å². The van der Waals surface area contributed by atoms with Crippen molar-refractivity contribution in [3.8, 4) is 11.5 Å².